The highest BCUT2D eigenvalue weighted by Crippen LogP contribution is 2.46. The maximum atomic E-state index is 11.6. The zero-order valence-corrected chi connectivity index (χ0v) is 14.0. The Hall–Kier alpha value is -1.58. The van der Waals surface area contributed by atoms with Gasteiger partial charge in [0.1, 0.15) is 5.75 Å². The molecule has 2 aliphatic heterocycles. The van der Waals surface area contributed by atoms with Gasteiger partial charge in [0, 0.05) is 17.5 Å². The van der Waals surface area contributed by atoms with Crippen molar-refractivity contribution >= 4 is 10.8 Å². The number of nitrogens with zero attached hydrogens (tertiary/aromatic N) is 1. The molecular formula is C20H25NO2. The van der Waals surface area contributed by atoms with Crippen molar-refractivity contribution in [1.82, 2.24) is 4.90 Å². The van der Waals surface area contributed by atoms with Gasteiger partial charge in [0.05, 0.1) is 12.7 Å². The van der Waals surface area contributed by atoms with Crippen LogP contribution in [0.2, 0.25) is 0 Å². The molecule has 3 nitrogen and oxygen atoms in total. The van der Waals surface area contributed by atoms with Gasteiger partial charge in [-0.15, -0.1) is 0 Å². The largest absolute Gasteiger partial charge is 0.496 e. The van der Waals surface area contributed by atoms with Crippen molar-refractivity contribution in [3.8, 4) is 5.75 Å². The van der Waals surface area contributed by atoms with Gasteiger partial charge < -0.3 is 14.7 Å². The zero-order valence-electron chi connectivity index (χ0n) is 14.0. The Bertz CT molecular complexity index is 713. The lowest BCUT2D eigenvalue weighted by Gasteiger charge is -2.51. The third-order valence-corrected chi connectivity index (χ3v) is 5.98. The first-order chi connectivity index (χ1) is 11.1. The topological polar surface area (TPSA) is 32.7 Å². The monoisotopic (exact) mass is 311 g/mol. The van der Waals surface area contributed by atoms with Crippen molar-refractivity contribution in [2.45, 2.75) is 49.8 Å². The fraction of sp³-hybridized carbons (Fsp3) is 0.500. The predicted octanol–water partition coefficient (Wildman–Crippen LogP) is 3.68. The first-order valence-electron chi connectivity index (χ1n) is 8.63. The summed E-state index contributed by atoms with van der Waals surface area (Å²) in [5.74, 6) is 0.876. The number of fused-ring (bicyclic) bond motifs is 3. The smallest absolute Gasteiger partial charge is 0.126 e. The summed E-state index contributed by atoms with van der Waals surface area (Å²) >= 11 is 0. The lowest BCUT2D eigenvalue weighted by Crippen LogP contribution is -2.55. The summed E-state index contributed by atoms with van der Waals surface area (Å²) in [6, 6.07) is 13.3. The Labute approximate surface area is 137 Å². The lowest BCUT2D eigenvalue weighted by atomic mass is 9.72. The molecule has 2 heterocycles. The van der Waals surface area contributed by atoms with Crippen LogP contribution in [-0.2, 0) is 5.60 Å². The van der Waals surface area contributed by atoms with Crippen LogP contribution >= 0.6 is 0 Å². The Morgan fingerprint density at radius 3 is 2.35 bits per heavy atom. The summed E-state index contributed by atoms with van der Waals surface area (Å²) in [6.07, 6.45) is 5.35. The molecule has 2 fully saturated rings. The first-order valence-corrected chi connectivity index (χ1v) is 8.63. The second-order valence-corrected chi connectivity index (χ2v) is 7.20. The summed E-state index contributed by atoms with van der Waals surface area (Å²) in [6.45, 7) is 0. The van der Waals surface area contributed by atoms with Gasteiger partial charge in [-0.2, -0.15) is 0 Å². The second kappa shape index (κ2) is 5.50. The summed E-state index contributed by atoms with van der Waals surface area (Å²) < 4.78 is 5.50. The average molecular weight is 311 g/mol. The Morgan fingerprint density at radius 2 is 1.70 bits per heavy atom. The van der Waals surface area contributed by atoms with Crippen LogP contribution in [0.5, 0.6) is 5.75 Å². The summed E-state index contributed by atoms with van der Waals surface area (Å²) in [5, 5.41) is 13.8. The normalized spacial score (nSPS) is 31.3. The highest BCUT2D eigenvalue weighted by atomic mass is 16.5. The van der Waals surface area contributed by atoms with Crippen molar-refractivity contribution in [2.24, 2.45) is 0 Å². The molecule has 0 aliphatic carbocycles. The minimum atomic E-state index is -0.728. The molecule has 0 aromatic heterocycles. The molecule has 0 amide bonds. The number of hydrogen-bond acceptors (Lipinski definition) is 3. The van der Waals surface area contributed by atoms with Gasteiger partial charge in [0.25, 0.3) is 0 Å². The number of hydrogen-bond donors (Lipinski definition) is 1. The number of ether oxygens (including phenoxy) is 1. The SMILES string of the molecule is COc1ccc(C2(O)CC3CCCC(C2)N3C)c2ccccc12. The molecule has 0 spiro atoms. The van der Waals surface area contributed by atoms with Gasteiger partial charge in [0.15, 0.2) is 0 Å². The number of piperidine rings is 2. The van der Waals surface area contributed by atoms with Gasteiger partial charge in [-0.3, -0.25) is 0 Å². The second-order valence-electron chi connectivity index (χ2n) is 7.20. The fourth-order valence-corrected chi connectivity index (χ4v) is 4.72. The molecule has 23 heavy (non-hydrogen) atoms. The van der Waals surface area contributed by atoms with E-state index in [1.165, 1.54) is 19.3 Å². The molecule has 2 aliphatic rings. The van der Waals surface area contributed by atoms with Crippen molar-refractivity contribution in [3.63, 3.8) is 0 Å². The van der Waals surface area contributed by atoms with Gasteiger partial charge >= 0.3 is 0 Å². The van der Waals surface area contributed by atoms with E-state index in [2.05, 4.69) is 30.1 Å². The minimum absolute atomic E-state index is 0.494. The van der Waals surface area contributed by atoms with Crippen molar-refractivity contribution in [2.75, 3.05) is 14.2 Å². The highest BCUT2D eigenvalue weighted by Gasteiger charge is 2.45. The van der Waals surface area contributed by atoms with Gasteiger partial charge in [0.2, 0.25) is 0 Å². The molecule has 2 atom stereocenters. The average Bonchev–Trinajstić information content (AvgIpc) is 2.55. The third-order valence-electron chi connectivity index (χ3n) is 5.98. The fourth-order valence-electron chi connectivity index (χ4n) is 4.72. The third kappa shape index (κ3) is 2.34. The molecule has 4 rings (SSSR count). The summed E-state index contributed by atoms with van der Waals surface area (Å²) in [5.41, 5.74) is 0.340. The number of aliphatic hydroxyl groups is 1. The Morgan fingerprint density at radius 1 is 1.04 bits per heavy atom. The Kier molecular flexibility index (Phi) is 3.58. The molecule has 2 aromatic rings. The van der Waals surface area contributed by atoms with Crippen molar-refractivity contribution in [1.29, 1.82) is 0 Å². The van der Waals surface area contributed by atoms with Crippen LogP contribution in [0.15, 0.2) is 36.4 Å². The van der Waals surface area contributed by atoms with Gasteiger partial charge in [-0.1, -0.05) is 36.8 Å². The minimum Gasteiger partial charge on any atom is -0.496 e. The number of methoxy groups -OCH3 is 1. The molecule has 1 N–H and O–H groups in total. The van der Waals surface area contributed by atoms with Crippen molar-refractivity contribution in [3.05, 3.63) is 42.0 Å². The quantitative estimate of drug-likeness (QED) is 0.918. The summed E-state index contributed by atoms with van der Waals surface area (Å²) in [4.78, 5) is 2.49. The van der Waals surface area contributed by atoms with Crippen LogP contribution in [-0.4, -0.2) is 36.2 Å². The lowest BCUT2D eigenvalue weighted by molar-refractivity contribution is -0.0866. The number of rotatable bonds is 2. The molecule has 3 heteroatoms. The van der Waals surface area contributed by atoms with E-state index < -0.39 is 5.60 Å². The molecule has 2 aromatic carbocycles. The molecule has 2 saturated heterocycles. The predicted molar refractivity (Wildman–Crippen MR) is 92.8 cm³/mol. The van der Waals surface area contributed by atoms with Crippen LogP contribution in [0.4, 0.5) is 0 Å². The first kappa shape index (κ1) is 15.0. The molecule has 2 bridgehead atoms. The standard InChI is InChI=1S/C20H25NO2/c1-21-14-6-5-7-15(21)13-20(22,12-14)18-10-11-19(23-2)17-9-4-3-8-16(17)18/h3-4,8-11,14-15,22H,5-7,12-13H2,1-2H3. The van der Waals surface area contributed by atoms with E-state index >= 15 is 0 Å². The van der Waals surface area contributed by atoms with Crippen LogP contribution in [0.25, 0.3) is 10.8 Å². The van der Waals surface area contributed by atoms with E-state index in [0.29, 0.717) is 12.1 Å². The molecule has 2 unspecified atom stereocenters. The van der Waals surface area contributed by atoms with Gasteiger partial charge in [-0.25, -0.2) is 0 Å². The molecular weight excluding hydrogens is 286 g/mol. The van der Waals surface area contributed by atoms with Crippen molar-refractivity contribution < 1.29 is 9.84 Å². The highest BCUT2D eigenvalue weighted by molar-refractivity contribution is 5.91. The Balaban J connectivity index is 1.83. The van der Waals surface area contributed by atoms with Crippen LogP contribution in [0.1, 0.15) is 37.7 Å². The zero-order chi connectivity index (χ0) is 16.0. The molecule has 122 valence electrons. The maximum Gasteiger partial charge on any atom is 0.126 e. The van der Waals surface area contributed by atoms with Gasteiger partial charge in [-0.05, 0) is 49.7 Å². The maximum absolute atomic E-state index is 11.6. The van der Waals surface area contributed by atoms with E-state index in [4.69, 9.17) is 4.74 Å². The van der Waals surface area contributed by atoms with E-state index in [1.54, 1.807) is 7.11 Å². The van der Waals surface area contributed by atoms with Crippen LogP contribution in [0.3, 0.4) is 0 Å². The van der Waals surface area contributed by atoms with Crippen LogP contribution < -0.4 is 4.74 Å². The van der Waals surface area contributed by atoms with E-state index in [-0.39, 0.29) is 0 Å². The van der Waals surface area contributed by atoms with Crippen LogP contribution in [0, 0.1) is 0 Å². The van der Waals surface area contributed by atoms with E-state index in [1.807, 2.05) is 18.2 Å². The summed E-state index contributed by atoms with van der Waals surface area (Å²) in [7, 11) is 3.93. The molecule has 0 saturated carbocycles. The number of benzene rings is 2. The van der Waals surface area contributed by atoms with E-state index in [0.717, 1.165) is 34.9 Å². The molecule has 0 radical (unpaired) electrons. The van der Waals surface area contributed by atoms with E-state index in [9.17, 15) is 5.11 Å².